The SMILES string of the molecule is CN(C(=O)CCN1CCN(CCc2ccccc2)CC1I)c1cc[c]([Ge])cc1. The molecular weight excluding hydrogens is 522 g/mol. The molecule has 0 aliphatic carbocycles. The van der Waals surface area contributed by atoms with Gasteiger partial charge in [0.2, 0.25) is 0 Å². The molecule has 1 unspecified atom stereocenters. The first-order valence-electron chi connectivity index (χ1n) is 9.75. The van der Waals surface area contributed by atoms with Crippen LogP contribution in [0.5, 0.6) is 0 Å². The van der Waals surface area contributed by atoms with Crippen LogP contribution >= 0.6 is 22.6 Å². The van der Waals surface area contributed by atoms with Crippen molar-refractivity contribution in [2.75, 3.05) is 44.7 Å². The van der Waals surface area contributed by atoms with E-state index in [4.69, 9.17) is 0 Å². The first-order valence-corrected chi connectivity index (χ1v) is 12.0. The molecule has 28 heavy (non-hydrogen) atoms. The van der Waals surface area contributed by atoms with E-state index in [1.54, 1.807) is 4.90 Å². The van der Waals surface area contributed by atoms with Crippen molar-refractivity contribution in [3.05, 3.63) is 60.2 Å². The molecule has 0 saturated carbocycles. The topological polar surface area (TPSA) is 26.8 Å². The Hall–Kier alpha value is -0.897. The number of hydrogen-bond donors (Lipinski definition) is 0. The summed E-state index contributed by atoms with van der Waals surface area (Å²) in [6.45, 7) is 5.11. The molecule has 6 heteroatoms. The van der Waals surface area contributed by atoms with Gasteiger partial charge in [-0.1, -0.05) is 30.3 Å². The maximum atomic E-state index is 12.6. The van der Waals surface area contributed by atoms with Crippen LogP contribution in [0.15, 0.2) is 54.6 Å². The average molecular weight is 549 g/mol. The number of carbonyl (C=O) groups is 1. The molecular formula is C22H27GeIN3O. The number of carbonyl (C=O) groups excluding carboxylic acids is 1. The van der Waals surface area contributed by atoms with E-state index in [0.717, 1.165) is 44.8 Å². The second-order valence-corrected chi connectivity index (χ2v) is 9.91. The van der Waals surface area contributed by atoms with Gasteiger partial charge in [0.1, 0.15) is 0 Å². The van der Waals surface area contributed by atoms with Crippen LogP contribution in [-0.2, 0) is 11.2 Å². The van der Waals surface area contributed by atoms with Crippen molar-refractivity contribution in [3.63, 3.8) is 0 Å². The van der Waals surface area contributed by atoms with E-state index in [0.29, 0.717) is 10.5 Å². The normalized spacial score (nSPS) is 18.2. The number of alkyl halides is 1. The van der Waals surface area contributed by atoms with Crippen LogP contribution in [0.1, 0.15) is 12.0 Å². The van der Waals surface area contributed by atoms with E-state index in [-0.39, 0.29) is 5.91 Å². The molecule has 1 fully saturated rings. The molecule has 0 spiro atoms. The Kier molecular flexibility index (Phi) is 8.38. The predicted molar refractivity (Wildman–Crippen MR) is 126 cm³/mol. The van der Waals surface area contributed by atoms with E-state index in [9.17, 15) is 4.79 Å². The standard InChI is InChI=1S/C22H27GeIN3O/c1-25(20-9-7-19(23)8-10-20)22(28)12-14-27-16-15-26(17-21(27)24)13-11-18-5-3-2-4-6-18/h2-10,21H,11-17H2,1H3. The summed E-state index contributed by atoms with van der Waals surface area (Å²) < 4.78 is 1.67. The van der Waals surface area contributed by atoms with Gasteiger partial charge in [-0.2, -0.15) is 0 Å². The number of benzene rings is 2. The molecule has 1 saturated heterocycles. The Balaban J connectivity index is 1.42. The third-order valence-electron chi connectivity index (χ3n) is 5.31. The number of halogens is 1. The third-order valence-corrected chi connectivity index (χ3v) is 7.19. The van der Waals surface area contributed by atoms with Gasteiger partial charge in [-0.15, -0.1) is 0 Å². The molecule has 1 aliphatic heterocycles. The van der Waals surface area contributed by atoms with Crippen LogP contribution in [-0.4, -0.2) is 76.0 Å². The Morgan fingerprint density at radius 2 is 1.82 bits per heavy atom. The molecule has 1 amide bonds. The van der Waals surface area contributed by atoms with Crippen molar-refractivity contribution in [2.24, 2.45) is 0 Å². The predicted octanol–water partition coefficient (Wildman–Crippen LogP) is 2.45. The summed E-state index contributed by atoms with van der Waals surface area (Å²) >= 11 is 4.59. The molecule has 2 aromatic carbocycles. The molecule has 1 atom stereocenters. The van der Waals surface area contributed by atoms with Crippen molar-refractivity contribution in [1.82, 2.24) is 9.80 Å². The van der Waals surface area contributed by atoms with Gasteiger partial charge in [-0.25, -0.2) is 0 Å². The summed E-state index contributed by atoms with van der Waals surface area (Å²) in [5, 5.41) is 0. The summed E-state index contributed by atoms with van der Waals surface area (Å²) in [7, 11) is 1.87. The zero-order valence-electron chi connectivity index (χ0n) is 16.4. The molecule has 4 nitrogen and oxygen atoms in total. The van der Waals surface area contributed by atoms with Crippen molar-refractivity contribution in [1.29, 1.82) is 0 Å². The number of anilines is 1. The van der Waals surface area contributed by atoms with Crippen molar-refractivity contribution < 1.29 is 4.79 Å². The monoisotopic (exact) mass is 550 g/mol. The van der Waals surface area contributed by atoms with Gasteiger partial charge in [-0.05, 0) is 12.0 Å². The summed E-state index contributed by atoms with van der Waals surface area (Å²) in [6, 6.07) is 18.8. The van der Waals surface area contributed by atoms with E-state index < -0.39 is 0 Å². The van der Waals surface area contributed by atoms with E-state index in [2.05, 4.69) is 91.4 Å². The quantitative estimate of drug-likeness (QED) is 0.230. The maximum absolute atomic E-state index is 12.6. The van der Waals surface area contributed by atoms with Crippen molar-refractivity contribution >= 4 is 55.1 Å². The van der Waals surface area contributed by atoms with Gasteiger partial charge >= 0.3 is 143 Å². The molecule has 3 rings (SSSR count). The molecule has 2 aromatic rings. The number of piperazine rings is 1. The van der Waals surface area contributed by atoms with Gasteiger partial charge < -0.3 is 0 Å². The third kappa shape index (κ3) is 6.30. The van der Waals surface area contributed by atoms with Crippen LogP contribution in [0, 0.1) is 0 Å². The fraction of sp³-hybridized carbons (Fsp3) is 0.409. The Morgan fingerprint density at radius 1 is 1.11 bits per heavy atom. The van der Waals surface area contributed by atoms with Gasteiger partial charge in [0.15, 0.2) is 0 Å². The van der Waals surface area contributed by atoms with Crippen LogP contribution in [0.25, 0.3) is 0 Å². The molecule has 1 heterocycles. The number of nitrogens with zero attached hydrogens (tertiary/aromatic N) is 3. The molecule has 0 N–H and O–H groups in total. The zero-order chi connectivity index (χ0) is 19.9. The van der Waals surface area contributed by atoms with Crippen molar-refractivity contribution in [2.45, 2.75) is 16.9 Å². The number of hydrogen-bond acceptors (Lipinski definition) is 3. The average Bonchev–Trinajstić information content (AvgIpc) is 2.72. The van der Waals surface area contributed by atoms with Gasteiger partial charge in [0, 0.05) is 6.54 Å². The van der Waals surface area contributed by atoms with Crippen LogP contribution in [0.3, 0.4) is 0 Å². The number of rotatable bonds is 7. The minimum atomic E-state index is 0.180. The fourth-order valence-corrected chi connectivity index (χ4v) is 4.92. The summed E-state index contributed by atoms with van der Waals surface area (Å²) in [6.07, 6.45) is 1.66. The molecule has 1 aliphatic rings. The van der Waals surface area contributed by atoms with E-state index in [1.807, 2.05) is 19.2 Å². The molecule has 3 radical (unpaired) electrons. The fourth-order valence-electron chi connectivity index (χ4n) is 3.45. The van der Waals surface area contributed by atoms with Crippen LogP contribution in [0.4, 0.5) is 5.69 Å². The second kappa shape index (κ2) is 10.8. The first-order chi connectivity index (χ1) is 13.5. The van der Waals surface area contributed by atoms with Gasteiger partial charge in [0.05, 0.1) is 0 Å². The Labute approximate surface area is 190 Å². The van der Waals surface area contributed by atoms with Gasteiger partial charge in [0.25, 0.3) is 0 Å². The second-order valence-electron chi connectivity index (χ2n) is 7.26. The van der Waals surface area contributed by atoms with E-state index in [1.165, 1.54) is 9.96 Å². The van der Waals surface area contributed by atoms with Crippen LogP contribution < -0.4 is 9.30 Å². The Morgan fingerprint density at radius 3 is 2.50 bits per heavy atom. The zero-order valence-corrected chi connectivity index (χ0v) is 20.6. The molecule has 147 valence electrons. The van der Waals surface area contributed by atoms with Crippen LogP contribution in [0.2, 0.25) is 0 Å². The first kappa shape index (κ1) is 21.8. The molecule has 0 bridgehead atoms. The van der Waals surface area contributed by atoms with E-state index >= 15 is 0 Å². The number of amides is 1. The molecule has 0 aromatic heterocycles. The van der Waals surface area contributed by atoms with Gasteiger partial charge in [-0.3, -0.25) is 0 Å². The summed E-state index contributed by atoms with van der Waals surface area (Å²) in [5.41, 5.74) is 2.37. The minimum absolute atomic E-state index is 0.180. The summed E-state index contributed by atoms with van der Waals surface area (Å²) in [4.78, 5) is 19.4. The van der Waals surface area contributed by atoms with Crippen molar-refractivity contribution in [3.8, 4) is 0 Å². The Bertz CT molecular complexity index is 756. The summed E-state index contributed by atoms with van der Waals surface area (Å²) in [5.74, 6) is 0.180.